The van der Waals surface area contributed by atoms with E-state index in [2.05, 4.69) is 88.2 Å². The van der Waals surface area contributed by atoms with Gasteiger partial charge in [-0.3, -0.25) is 9.59 Å². The van der Waals surface area contributed by atoms with Crippen molar-refractivity contribution in [1.82, 2.24) is 40.4 Å². The summed E-state index contributed by atoms with van der Waals surface area (Å²) < 4.78 is 15.8. The number of aromatic nitrogens is 4. The number of benzene rings is 3. The first-order valence-electron chi connectivity index (χ1n) is 23.5. The highest BCUT2D eigenvalue weighted by molar-refractivity contribution is 5.91. The fraction of sp³-hybridized carbons (Fsp3) is 0.490. The van der Waals surface area contributed by atoms with Crippen LogP contribution >= 0.6 is 0 Å². The Kier molecular flexibility index (Phi) is 11.4. The lowest BCUT2D eigenvalue weighted by Crippen LogP contribution is -2.55. The lowest BCUT2D eigenvalue weighted by molar-refractivity contribution is -0.140. The third kappa shape index (κ3) is 8.09. The van der Waals surface area contributed by atoms with Crippen LogP contribution in [0, 0.1) is 29.6 Å². The fourth-order valence-electron chi connectivity index (χ4n) is 11.5. The average Bonchev–Trinajstić information content (AvgIpc) is 3.78. The van der Waals surface area contributed by atoms with E-state index in [1.54, 1.807) is 0 Å². The molecule has 346 valence electrons. The van der Waals surface area contributed by atoms with Crippen LogP contribution in [0.5, 0.6) is 0 Å². The van der Waals surface area contributed by atoms with Crippen LogP contribution in [-0.2, 0) is 23.8 Å². The summed E-state index contributed by atoms with van der Waals surface area (Å²) in [5.41, 5.74) is 5.93. The SMILES string of the molecule is COC(=O)NC(C(=O)N1[C@@H]2C[C@@H]2C[C@H]1c1ncc(-c2ccc3cc(-c4ccc(-c5cnc(C6CC7C(C)C7N6C(=O)[C@@H](NC(=O)OC)C6C[C@@H](C)O[C@@H](C)C6)[nH]5)cc4)ccc3c2)[nH]1)C(C)C. The number of carbonyl (C=O) groups excluding carboxylic acids is 4. The molecule has 3 aromatic carbocycles. The number of H-pyrrole nitrogens is 2. The molecule has 12 atom stereocenters. The molecular weight excluding hydrogens is 837 g/mol. The second-order valence-corrected chi connectivity index (χ2v) is 19.7. The second kappa shape index (κ2) is 17.2. The number of fused-ring (bicyclic) bond motifs is 3. The molecule has 3 aliphatic heterocycles. The molecule has 10 rings (SSSR count). The van der Waals surface area contributed by atoms with E-state index in [1.807, 2.05) is 49.9 Å². The Balaban J connectivity index is 0.826. The van der Waals surface area contributed by atoms with Crippen molar-refractivity contribution in [2.45, 2.75) is 115 Å². The number of likely N-dealkylation sites (tertiary alicyclic amines) is 2. The van der Waals surface area contributed by atoms with Crippen LogP contribution in [0.15, 0.2) is 73.1 Å². The smallest absolute Gasteiger partial charge is 0.407 e. The summed E-state index contributed by atoms with van der Waals surface area (Å²) in [6.07, 6.45) is 6.43. The number of methoxy groups -OCH3 is 2. The number of ether oxygens (including phenoxy) is 3. The molecule has 66 heavy (non-hydrogen) atoms. The fourth-order valence-corrected chi connectivity index (χ4v) is 11.5. The van der Waals surface area contributed by atoms with Crippen molar-refractivity contribution in [3.63, 3.8) is 0 Å². The van der Waals surface area contributed by atoms with E-state index in [0.717, 1.165) is 75.3 Å². The molecule has 5 heterocycles. The molecule has 2 aromatic heterocycles. The molecule has 5 fully saturated rings. The van der Waals surface area contributed by atoms with E-state index in [1.165, 1.54) is 14.2 Å². The maximum Gasteiger partial charge on any atom is 0.407 e. The van der Waals surface area contributed by atoms with E-state index < -0.39 is 24.3 Å². The Hall–Kier alpha value is -6.22. The Morgan fingerprint density at radius 1 is 0.682 bits per heavy atom. The molecule has 15 heteroatoms. The Morgan fingerprint density at radius 3 is 1.88 bits per heavy atom. The molecule has 0 spiro atoms. The van der Waals surface area contributed by atoms with Crippen LogP contribution in [0.25, 0.3) is 44.4 Å². The van der Waals surface area contributed by atoms with Gasteiger partial charge in [-0.2, -0.15) is 0 Å². The van der Waals surface area contributed by atoms with E-state index >= 15 is 0 Å². The van der Waals surface area contributed by atoms with Gasteiger partial charge in [0, 0.05) is 17.6 Å². The van der Waals surface area contributed by atoms with Crippen LogP contribution in [-0.4, -0.2) is 104 Å². The highest BCUT2D eigenvalue weighted by Gasteiger charge is 2.62. The number of nitrogens with zero attached hydrogens (tertiary/aromatic N) is 4. The van der Waals surface area contributed by atoms with Gasteiger partial charge in [0.2, 0.25) is 11.8 Å². The summed E-state index contributed by atoms with van der Waals surface area (Å²) in [5.74, 6) is 2.38. The van der Waals surface area contributed by atoms with Crippen LogP contribution in [0.3, 0.4) is 0 Å². The van der Waals surface area contributed by atoms with Crippen LogP contribution < -0.4 is 10.6 Å². The molecule has 2 aliphatic carbocycles. The first-order chi connectivity index (χ1) is 31.8. The molecule has 2 saturated carbocycles. The number of hydrogen-bond donors (Lipinski definition) is 4. The largest absolute Gasteiger partial charge is 0.453 e. The second-order valence-electron chi connectivity index (χ2n) is 19.7. The van der Waals surface area contributed by atoms with E-state index in [0.29, 0.717) is 30.6 Å². The van der Waals surface area contributed by atoms with Crippen molar-refractivity contribution in [2.75, 3.05) is 14.2 Å². The lowest BCUT2D eigenvalue weighted by atomic mass is 9.85. The number of piperidine rings is 2. The van der Waals surface area contributed by atoms with Gasteiger partial charge in [-0.05, 0) is 115 Å². The number of nitrogens with one attached hydrogen (secondary N) is 4. The maximum atomic E-state index is 14.6. The molecule has 5 aromatic rings. The number of amides is 4. The van der Waals surface area contributed by atoms with Gasteiger partial charge >= 0.3 is 12.2 Å². The van der Waals surface area contributed by atoms with Crippen LogP contribution in [0.2, 0.25) is 0 Å². The number of aromatic amines is 2. The minimum atomic E-state index is -0.717. The summed E-state index contributed by atoms with van der Waals surface area (Å²) in [6, 6.07) is 19.8. The third-order valence-corrected chi connectivity index (χ3v) is 15.1. The standard InChI is InChI=1S/C51H60N8O7/c1-25(2)43(56-50(62)64-6)48(60)58-40-20-35(40)21-41(58)46-53-24-39(55-46)34-15-14-32-18-31(12-13-33(32)19-34)29-8-10-30(11-9-29)38-23-52-47(54-38)42-22-37-28(5)45(37)59(42)49(61)44(57-51(63)65-7)36-16-26(3)66-27(4)17-36/h8-15,18-19,23-28,35-37,40-45H,16-17,20-22H2,1-7H3,(H,52,54)(H,53,55)(H,56,62)(H,57,63)/t26-,27+,28?,35-,36?,37?,40-,41+,42?,43?,44+,45?/m1/s1. The zero-order valence-electron chi connectivity index (χ0n) is 38.6. The first-order valence-corrected chi connectivity index (χ1v) is 23.5. The van der Waals surface area contributed by atoms with Gasteiger partial charge in [0.25, 0.3) is 0 Å². The van der Waals surface area contributed by atoms with Gasteiger partial charge < -0.3 is 44.6 Å². The summed E-state index contributed by atoms with van der Waals surface area (Å²) >= 11 is 0. The van der Waals surface area contributed by atoms with Crippen molar-refractivity contribution in [1.29, 1.82) is 0 Å². The molecule has 15 nitrogen and oxygen atoms in total. The first kappa shape index (κ1) is 43.7. The van der Waals surface area contributed by atoms with Crippen molar-refractivity contribution in [2.24, 2.45) is 29.6 Å². The number of alkyl carbamates (subject to hydrolysis) is 2. The molecule has 0 radical (unpaired) electrons. The zero-order chi connectivity index (χ0) is 46.1. The molecule has 3 saturated heterocycles. The highest BCUT2D eigenvalue weighted by Crippen LogP contribution is 2.58. The molecule has 6 unspecified atom stereocenters. The Labute approximate surface area is 384 Å². The molecule has 4 N–H and O–H groups in total. The Bertz CT molecular complexity index is 2650. The summed E-state index contributed by atoms with van der Waals surface area (Å²) in [6.45, 7) is 10.1. The number of hydrogen-bond acceptors (Lipinski definition) is 9. The van der Waals surface area contributed by atoms with Gasteiger partial charge in [0.1, 0.15) is 23.7 Å². The molecule has 5 aliphatic rings. The van der Waals surface area contributed by atoms with Gasteiger partial charge in [-0.25, -0.2) is 19.6 Å². The van der Waals surface area contributed by atoms with Crippen molar-refractivity contribution in [3.05, 3.63) is 84.7 Å². The number of rotatable bonds is 11. The Morgan fingerprint density at radius 2 is 1.24 bits per heavy atom. The van der Waals surface area contributed by atoms with Crippen molar-refractivity contribution < 1.29 is 33.4 Å². The number of imidazole rings is 2. The minimum Gasteiger partial charge on any atom is -0.453 e. The third-order valence-electron chi connectivity index (χ3n) is 15.1. The predicted molar refractivity (Wildman–Crippen MR) is 248 cm³/mol. The van der Waals surface area contributed by atoms with E-state index in [4.69, 9.17) is 24.2 Å². The summed E-state index contributed by atoms with van der Waals surface area (Å²) in [4.78, 5) is 73.8. The summed E-state index contributed by atoms with van der Waals surface area (Å²) in [7, 11) is 2.63. The monoisotopic (exact) mass is 896 g/mol. The predicted octanol–water partition coefficient (Wildman–Crippen LogP) is 8.17. The zero-order valence-corrected chi connectivity index (χ0v) is 38.6. The van der Waals surface area contributed by atoms with Crippen molar-refractivity contribution in [3.8, 4) is 33.6 Å². The van der Waals surface area contributed by atoms with E-state index in [9.17, 15) is 19.2 Å². The normalized spacial score (nSPS) is 28.4. The minimum absolute atomic E-state index is 0.0156. The molecular formula is C51H60N8O7. The quantitative estimate of drug-likeness (QED) is 0.102. The maximum absolute atomic E-state index is 14.6. The van der Waals surface area contributed by atoms with Crippen LogP contribution in [0.1, 0.15) is 90.5 Å². The van der Waals surface area contributed by atoms with Crippen LogP contribution in [0.4, 0.5) is 9.59 Å². The van der Waals surface area contributed by atoms with Gasteiger partial charge in [0.05, 0.1) is 62.3 Å². The number of carbonyl (C=O) groups is 4. The lowest BCUT2D eigenvalue weighted by Gasteiger charge is -2.39. The van der Waals surface area contributed by atoms with Gasteiger partial charge in [-0.1, -0.05) is 69.3 Å². The topological polar surface area (TPSA) is 184 Å². The van der Waals surface area contributed by atoms with Gasteiger partial charge in [-0.15, -0.1) is 0 Å². The average molecular weight is 897 g/mol. The van der Waals surface area contributed by atoms with Crippen molar-refractivity contribution >= 4 is 34.8 Å². The highest BCUT2D eigenvalue weighted by atomic mass is 16.5. The van der Waals surface area contributed by atoms with E-state index in [-0.39, 0.29) is 60.0 Å². The molecule has 0 bridgehead atoms. The molecule has 4 amide bonds. The van der Waals surface area contributed by atoms with Gasteiger partial charge in [0.15, 0.2) is 0 Å². The summed E-state index contributed by atoms with van der Waals surface area (Å²) in [5, 5.41) is 7.86.